The fourth-order valence-electron chi connectivity index (χ4n) is 5.17. The van der Waals surface area contributed by atoms with Crippen LogP contribution in [0.5, 0.6) is 0 Å². The van der Waals surface area contributed by atoms with Crippen LogP contribution >= 0.6 is 0 Å². The van der Waals surface area contributed by atoms with E-state index >= 15 is 0 Å². The molecule has 0 aromatic heterocycles. The third-order valence-electron chi connectivity index (χ3n) is 6.60. The Bertz CT molecular complexity index is 1110. The SMILES string of the molecule is Cc1cc(C)c(N[C@@H](c2ccccc2)[C@@H](Nc2c(C)cc(C)cc2C)c2ccccc2)c(C)c1. The van der Waals surface area contributed by atoms with Crippen LogP contribution in [0.25, 0.3) is 0 Å². The van der Waals surface area contributed by atoms with Crippen LogP contribution in [0, 0.1) is 41.5 Å². The van der Waals surface area contributed by atoms with Crippen molar-refractivity contribution in [2.24, 2.45) is 0 Å². The summed E-state index contributed by atoms with van der Waals surface area (Å²) in [6.07, 6.45) is 0. The second-order valence-electron chi connectivity index (χ2n) is 9.61. The van der Waals surface area contributed by atoms with Crippen LogP contribution in [-0.4, -0.2) is 0 Å². The maximum absolute atomic E-state index is 3.97. The van der Waals surface area contributed by atoms with Crippen LogP contribution in [0.1, 0.15) is 56.6 Å². The number of aryl methyl sites for hydroxylation is 6. The van der Waals surface area contributed by atoms with Gasteiger partial charge in [-0.1, -0.05) is 96.1 Å². The Morgan fingerprint density at radius 1 is 0.441 bits per heavy atom. The molecule has 0 fully saturated rings. The van der Waals surface area contributed by atoms with Crippen molar-refractivity contribution in [2.75, 3.05) is 10.6 Å². The third-order valence-corrected chi connectivity index (χ3v) is 6.60. The predicted octanol–water partition coefficient (Wildman–Crippen LogP) is 8.54. The largest absolute Gasteiger partial charge is 0.375 e. The lowest BCUT2D eigenvalue weighted by atomic mass is 9.91. The van der Waals surface area contributed by atoms with Crippen molar-refractivity contribution in [3.05, 3.63) is 129 Å². The molecule has 0 amide bonds. The molecule has 0 radical (unpaired) electrons. The summed E-state index contributed by atoms with van der Waals surface area (Å²) in [7, 11) is 0. The fraction of sp³-hybridized carbons (Fsp3) is 0.250. The van der Waals surface area contributed by atoms with Gasteiger partial charge >= 0.3 is 0 Å². The Labute approximate surface area is 205 Å². The molecule has 2 atom stereocenters. The standard InChI is InChI=1S/C32H36N2/c1-21-17-23(3)29(24(4)18-21)33-31(27-13-9-7-10-14-27)32(28-15-11-8-12-16-28)34-30-25(5)19-22(2)20-26(30)6/h7-20,31-34H,1-6H3/t31-,32-/m0/s1. The van der Waals surface area contributed by atoms with Gasteiger partial charge in [0.05, 0.1) is 12.1 Å². The summed E-state index contributed by atoms with van der Waals surface area (Å²) in [6, 6.07) is 30.7. The highest BCUT2D eigenvalue weighted by Crippen LogP contribution is 2.38. The first-order valence-corrected chi connectivity index (χ1v) is 12.1. The van der Waals surface area contributed by atoms with E-state index in [9.17, 15) is 0 Å². The van der Waals surface area contributed by atoms with Crippen molar-refractivity contribution in [1.82, 2.24) is 0 Å². The van der Waals surface area contributed by atoms with Crippen molar-refractivity contribution >= 4 is 11.4 Å². The van der Waals surface area contributed by atoms with Crippen LogP contribution in [0.4, 0.5) is 11.4 Å². The van der Waals surface area contributed by atoms with Crippen LogP contribution < -0.4 is 10.6 Å². The van der Waals surface area contributed by atoms with Crippen molar-refractivity contribution in [1.29, 1.82) is 0 Å². The van der Waals surface area contributed by atoms with Gasteiger partial charge in [-0.05, 0) is 74.9 Å². The summed E-state index contributed by atoms with van der Waals surface area (Å²) in [5.41, 5.74) is 12.6. The number of hydrogen-bond acceptors (Lipinski definition) is 2. The van der Waals surface area contributed by atoms with E-state index in [1.54, 1.807) is 0 Å². The zero-order valence-electron chi connectivity index (χ0n) is 21.2. The van der Waals surface area contributed by atoms with Crippen molar-refractivity contribution < 1.29 is 0 Å². The summed E-state index contributed by atoms with van der Waals surface area (Å²) >= 11 is 0. The number of benzene rings is 4. The average Bonchev–Trinajstić information content (AvgIpc) is 2.80. The van der Waals surface area contributed by atoms with Gasteiger partial charge in [-0.25, -0.2) is 0 Å². The van der Waals surface area contributed by atoms with Gasteiger partial charge in [0, 0.05) is 11.4 Å². The Kier molecular flexibility index (Phi) is 7.07. The van der Waals surface area contributed by atoms with Gasteiger partial charge in [0.1, 0.15) is 0 Å². The molecule has 0 saturated heterocycles. The number of nitrogens with one attached hydrogen (secondary N) is 2. The molecule has 2 nitrogen and oxygen atoms in total. The molecule has 0 aliphatic heterocycles. The van der Waals surface area contributed by atoms with E-state index in [1.807, 2.05) is 0 Å². The van der Waals surface area contributed by atoms with Gasteiger partial charge in [0.2, 0.25) is 0 Å². The minimum atomic E-state index is 0.0313. The molecule has 0 aliphatic carbocycles. The molecular formula is C32H36N2. The molecule has 0 bridgehead atoms. The Balaban J connectivity index is 1.86. The predicted molar refractivity (Wildman–Crippen MR) is 147 cm³/mol. The van der Waals surface area contributed by atoms with Crippen LogP contribution in [-0.2, 0) is 0 Å². The summed E-state index contributed by atoms with van der Waals surface area (Å²) in [5, 5.41) is 7.93. The number of anilines is 2. The highest BCUT2D eigenvalue weighted by atomic mass is 15.0. The molecule has 2 N–H and O–H groups in total. The highest BCUT2D eigenvalue weighted by molar-refractivity contribution is 5.63. The normalized spacial score (nSPS) is 12.8. The molecule has 0 spiro atoms. The van der Waals surface area contributed by atoms with E-state index in [-0.39, 0.29) is 12.1 Å². The summed E-state index contributed by atoms with van der Waals surface area (Å²) < 4.78 is 0. The van der Waals surface area contributed by atoms with Gasteiger partial charge in [-0.3, -0.25) is 0 Å². The smallest absolute Gasteiger partial charge is 0.0757 e. The first-order valence-electron chi connectivity index (χ1n) is 12.1. The van der Waals surface area contributed by atoms with Gasteiger partial charge < -0.3 is 10.6 Å². The van der Waals surface area contributed by atoms with Crippen LogP contribution in [0.2, 0.25) is 0 Å². The molecule has 174 valence electrons. The topological polar surface area (TPSA) is 24.1 Å². The number of rotatable bonds is 7. The second kappa shape index (κ2) is 10.2. The van der Waals surface area contributed by atoms with Crippen molar-refractivity contribution in [3.63, 3.8) is 0 Å². The van der Waals surface area contributed by atoms with E-state index in [2.05, 4.69) is 137 Å². The van der Waals surface area contributed by atoms with E-state index in [4.69, 9.17) is 0 Å². The monoisotopic (exact) mass is 448 g/mol. The number of hydrogen-bond donors (Lipinski definition) is 2. The van der Waals surface area contributed by atoms with Crippen LogP contribution in [0.3, 0.4) is 0 Å². The quantitative estimate of drug-likeness (QED) is 0.296. The van der Waals surface area contributed by atoms with Gasteiger partial charge in [0.25, 0.3) is 0 Å². The maximum atomic E-state index is 3.97. The third kappa shape index (κ3) is 5.17. The second-order valence-corrected chi connectivity index (χ2v) is 9.61. The molecule has 0 unspecified atom stereocenters. The minimum Gasteiger partial charge on any atom is -0.375 e. The van der Waals surface area contributed by atoms with Crippen molar-refractivity contribution in [2.45, 2.75) is 53.6 Å². The zero-order valence-corrected chi connectivity index (χ0v) is 21.2. The molecule has 2 heteroatoms. The molecule has 0 heterocycles. The first-order chi connectivity index (χ1) is 16.3. The van der Waals surface area contributed by atoms with E-state index in [0.717, 1.165) is 0 Å². The van der Waals surface area contributed by atoms with E-state index < -0.39 is 0 Å². The molecule has 4 aromatic rings. The van der Waals surface area contributed by atoms with Crippen LogP contribution in [0.15, 0.2) is 84.9 Å². The lowest BCUT2D eigenvalue weighted by molar-refractivity contribution is 0.648. The lowest BCUT2D eigenvalue weighted by Crippen LogP contribution is -2.27. The fourth-order valence-corrected chi connectivity index (χ4v) is 5.17. The molecule has 4 rings (SSSR count). The Hall–Kier alpha value is -3.52. The Morgan fingerprint density at radius 3 is 1.03 bits per heavy atom. The van der Waals surface area contributed by atoms with E-state index in [0.29, 0.717) is 0 Å². The van der Waals surface area contributed by atoms with Gasteiger partial charge in [-0.15, -0.1) is 0 Å². The highest BCUT2D eigenvalue weighted by Gasteiger charge is 2.27. The van der Waals surface area contributed by atoms with Gasteiger partial charge in [-0.2, -0.15) is 0 Å². The summed E-state index contributed by atoms with van der Waals surface area (Å²) in [6.45, 7) is 13.1. The molecule has 4 aromatic carbocycles. The molecular weight excluding hydrogens is 412 g/mol. The first kappa shape index (κ1) is 23.6. The molecule has 34 heavy (non-hydrogen) atoms. The zero-order chi connectivity index (χ0) is 24.2. The summed E-state index contributed by atoms with van der Waals surface area (Å²) in [4.78, 5) is 0. The minimum absolute atomic E-state index is 0.0313. The average molecular weight is 449 g/mol. The lowest BCUT2D eigenvalue weighted by Gasteiger charge is -2.33. The maximum Gasteiger partial charge on any atom is 0.0757 e. The molecule has 0 aliphatic rings. The van der Waals surface area contributed by atoms with Gasteiger partial charge in [0.15, 0.2) is 0 Å². The Morgan fingerprint density at radius 2 is 0.735 bits per heavy atom. The van der Waals surface area contributed by atoms with Crippen molar-refractivity contribution in [3.8, 4) is 0 Å². The molecule has 0 saturated carbocycles. The summed E-state index contributed by atoms with van der Waals surface area (Å²) in [5.74, 6) is 0. The van der Waals surface area contributed by atoms with E-state index in [1.165, 1.54) is 55.9 Å².